The molecule has 1 N–H and O–H groups in total. The van der Waals surface area contributed by atoms with Gasteiger partial charge in [-0.3, -0.25) is 4.79 Å². The number of carbonyl (C=O) groups is 1. The van der Waals surface area contributed by atoms with Gasteiger partial charge >= 0.3 is 0 Å². The molecule has 0 bridgehead atoms. The van der Waals surface area contributed by atoms with Crippen LogP contribution in [0.5, 0.6) is 5.75 Å². The SMILES string of the molecule is COc1cc(C=O)ccc1-n1ccc(CO)c1. The molecule has 0 aliphatic carbocycles. The summed E-state index contributed by atoms with van der Waals surface area (Å²) in [5.74, 6) is 0.620. The highest BCUT2D eigenvalue weighted by atomic mass is 16.5. The van der Waals surface area contributed by atoms with Gasteiger partial charge in [-0.2, -0.15) is 0 Å². The third kappa shape index (κ3) is 2.21. The molecule has 0 radical (unpaired) electrons. The van der Waals surface area contributed by atoms with Gasteiger partial charge in [-0.25, -0.2) is 0 Å². The largest absolute Gasteiger partial charge is 0.495 e. The van der Waals surface area contributed by atoms with E-state index in [4.69, 9.17) is 9.84 Å². The van der Waals surface area contributed by atoms with E-state index >= 15 is 0 Å². The van der Waals surface area contributed by atoms with Crippen LogP contribution in [-0.2, 0) is 6.61 Å². The molecule has 1 aromatic carbocycles. The van der Waals surface area contributed by atoms with Crippen LogP contribution in [0.3, 0.4) is 0 Å². The molecule has 0 atom stereocenters. The fourth-order valence-corrected chi connectivity index (χ4v) is 1.66. The van der Waals surface area contributed by atoms with Crippen LogP contribution in [0.25, 0.3) is 5.69 Å². The molecule has 0 amide bonds. The summed E-state index contributed by atoms with van der Waals surface area (Å²) in [5.41, 5.74) is 2.23. The van der Waals surface area contributed by atoms with Crippen LogP contribution in [0.4, 0.5) is 0 Å². The Balaban J connectivity index is 2.47. The van der Waals surface area contributed by atoms with E-state index in [0.717, 1.165) is 17.5 Å². The van der Waals surface area contributed by atoms with E-state index in [2.05, 4.69) is 0 Å². The van der Waals surface area contributed by atoms with Crippen molar-refractivity contribution in [1.82, 2.24) is 4.57 Å². The Morgan fingerprint density at radius 2 is 2.24 bits per heavy atom. The lowest BCUT2D eigenvalue weighted by molar-refractivity contribution is 0.112. The van der Waals surface area contributed by atoms with Crippen LogP contribution in [0, 0.1) is 0 Å². The quantitative estimate of drug-likeness (QED) is 0.816. The van der Waals surface area contributed by atoms with Crippen molar-refractivity contribution >= 4 is 6.29 Å². The number of aromatic nitrogens is 1. The van der Waals surface area contributed by atoms with E-state index in [1.165, 1.54) is 0 Å². The molecule has 2 rings (SSSR count). The van der Waals surface area contributed by atoms with Crippen molar-refractivity contribution in [3.63, 3.8) is 0 Å². The van der Waals surface area contributed by atoms with Gasteiger partial charge in [0.25, 0.3) is 0 Å². The van der Waals surface area contributed by atoms with Crippen LogP contribution >= 0.6 is 0 Å². The Labute approximate surface area is 99.1 Å². The number of rotatable bonds is 4. The first kappa shape index (κ1) is 11.4. The number of hydrogen-bond acceptors (Lipinski definition) is 3. The van der Waals surface area contributed by atoms with Crippen molar-refractivity contribution in [3.05, 3.63) is 47.8 Å². The molecule has 2 aromatic rings. The first-order valence-electron chi connectivity index (χ1n) is 5.20. The number of aliphatic hydroxyl groups is 1. The molecular formula is C13H13NO3. The average molecular weight is 231 g/mol. The maximum Gasteiger partial charge on any atom is 0.150 e. The fourth-order valence-electron chi connectivity index (χ4n) is 1.66. The minimum Gasteiger partial charge on any atom is -0.495 e. The topological polar surface area (TPSA) is 51.5 Å². The molecular weight excluding hydrogens is 218 g/mol. The zero-order chi connectivity index (χ0) is 12.3. The Morgan fingerprint density at radius 1 is 1.41 bits per heavy atom. The number of ether oxygens (including phenoxy) is 1. The molecule has 0 saturated carbocycles. The Bertz CT molecular complexity index is 531. The van der Waals surface area contributed by atoms with E-state index in [1.807, 2.05) is 29.1 Å². The van der Waals surface area contributed by atoms with Crippen LogP contribution in [0.1, 0.15) is 15.9 Å². The van der Waals surface area contributed by atoms with Crippen molar-refractivity contribution < 1.29 is 14.6 Å². The second-order valence-corrected chi connectivity index (χ2v) is 3.63. The lowest BCUT2D eigenvalue weighted by Crippen LogP contribution is -1.96. The highest BCUT2D eigenvalue weighted by Gasteiger charge is 2.06. The first-order valence-corrected chi connectivity index (χ1v) is 5.20. The second kappa shape index (κ2) is 4.84. The van der Waals surface area contributed by atoms with E-state index in [0.29, 0.717) is 11.3 Å². The molecule has 0 aliphatic rings. The fraction of sp³-hybridized carbons (Fsp3) is 0.154. The van der Waals surface area contributed by atoms with Crippen molar-refractivity contribution in [2.45, 2.75) is 6.61 Å². The molecule has 0 aliphatic heterocycles. The number of benzene rings is 1. The van der Waals surface area contributed by atoms with Gasteiger partial charge < -0.3 is 14.4 Å². The predicted octanol–water partition coefficient (Wildman–Crippen LogP) is 1.79. The minimum absolute atomic E-state index is 0.00172. The van der Waals surface area contributed by atoms with Crippen molar-refractivity contribution in [1.29, 1.82) is 0 Å². The Morgan fingerprint density at radius 3 is 2.82 bits per heavy atom. The van der Waals surface area contributed by atoms with Gasteiger partial charge in [0.1, 0.15) is 12.0 Å². The summed E-state index contributed by atoms with van der Waals surface area (Å²) in [6.07, 6.45) is 4.43. The lowest BCUT2D eigenvalue weighted by atomic mass is 10.2. The molecule has 4 heteroatoms. The molecule has 0 spiro atoms. The number of aliphatic hydroxyl groups excluding tert-OH is 1. The third-order valence-electron chi connectivity index (χ3n) is 2.55. The van der Waals surface area contributed by atoms with Gasteiger partial charge in [0, 0.05) is 18.0 Å². The van der Waals surface area contributed by atoms with Crippen molar-refractivity contribution in [2.24, 2.45) is 0 Å². The Hall–Kier alpha value is -2.07. The average Bonchev–Trinajstić information content (AvgIpc) is 2.86. The van der Waals surface area contributed by atoms with Gasteiger partial charge in [0.05, 0.1) is 19.4 Å². The summed E-state index contributed by atoms with van der Waals surface area (Å²) in [6.45, 7) is 0.00172. The molecule has 17 heavy (non-hydrogen) atoms. The minimum atomic E-state index is 0.00172. The predicted molar refractivity (Wildman–Crippen MR) is 63.6 cm³/mol. The standard InChI is InChI=1S/C13H13NO3/c1-17-13-6-10(8-15)2-3-12(13)14-5-4-11(7-14)9-16/h2-8,16H,9H2,1H3. The summed E-state index contributed by atoms with van der Waals surface area (Å²) in [5, 5.41) is 9.02. The number of nitrogens with zero attached hydrogens (tertiary/aromatic N) is 1. The summed E-state index contributed by atoms with van der Waals surface area (Å²) >= 11 is 0. The monoisotopic (exact) mass is 231 g/mol. The smallest absolute Gasteiger partial charge is 0.150 e. The maximum atomic E-state index is 10.7. The highest BCUT2D eigenvalue weighted by Crippen LogP contribution is 2.24. The summed E-state index contributed by atoms with van der Waals surface area (Å²) in [4.78, 5) is 10.7. The molecule has 88 valence electrons. The van der Waals surface area contributed by atoms with Crippen LogP contribution in [0.15, 0.2) is 36.7 Å². The number of methoxy groups -OCH3 is 1. The molecule has 0 unspecified atom stereocenters. The summed E-state index contributed by atoms with van der Waals surface area (Å²) in [6, 6.07) is 7.04. The molecule has 0 saturated heterocycles. The summed E-state index contributed by atoms with van der Waals surface area (Å²) < 4.78 is 7.09. The zero-order valence-corrected chi connectivity index (χ0v) is 9.46. The van der Waals surface area contributed by atoms with E-state index in [1.54, 1.807) is 19.2 Å². The van der Waals surface area contributed by atoms with Crippen LogP contribution in [0.2, 0.25) is 0 Å². The van der Waals surface area contributed by atoms with Gasteiger partial charge in [0.15, 0.2) is 0 Å². The van der Waals surface area contributed by atoms with E-state index in [9.17, 15) is 4.79 Å². The van der Waals surface area contributed by atoms with Gasteiger partial charge in [-0.1, -0.05) is 0 Å². The lowest BCUT2D eigenvalue weighted by Gasteiger charge is -2.09. The van der Waals surface area contributed by atoms with Crippen LogP contribution < -0.4 is 4.74 Å². The third-order valence-corrected chi connectivity index (χ3v) is 2.55. The van der Waals surface area contributed by atoms with Crippen molar-refractivity contribution in [2.75, 3.05) is 7.11 Å². The van der Waals surface area contributed by atoms with Gasteiger partial charge in [0.2, 0.25) is 0 Å². The molecule has 1 heterocycles. The molecule has 0 fully saturated rings. The summed E-state index contributed by atoms with van der Waals surface area (Å²) in [7, 11) is 1.56. The van der Waals surface area contributed by atoms with Gasteiger partial charge in [-0.05, 0) is 29.8 Å². The highest BCUT2D eigenvalue weighted by molar-refractivity contribution is 5.76. The van der Waals surface area contributed by atoms with Crippen LogP contribution in [-0.4, -0.2) is 23.1 Å². The first-order chi connectivity index (χ1) is 8.28. The number of carbonyl (C=O) groups excluding carboxylic acids is 1. The zero-order valence-electron chi connectivity index (χ0n) is 9.46. The Kier molecular flexibility index (Phi) is 3.25. The normalized spacial score (nSPS) is 10.2. The maximum absolute atomic E-state index is 10.7. The molecule has 4 nitrogen and oxygen atoms in total. The number of hydrogen-bond donors (Lipinski definition) is 1. The van der Waals surface area contributed by atoms with Crippen molar-refractivity contribution in [3.8, 4) is 11.4 Å². The van der Waals surface area contributed by atoms with E-state index in [-0.39, 0.29) is 6.61 Å². The molecule has 1 aromatic heterocycles. The number of aldehydes is 1. The second-order valence-electron chi connectivity index (χ2n) is 3.63. The van der Waals surface area contributed by atoms with E-state index < -0.39 is 0 Å². The van der Waals surface area contributed by atoms with Gasteiger partial charge in [-0.15, -0.1) is 0 Å².